The zero-order valence-corrected chi connectivity index (χ0v) is 17.8. The minimum absolute atomic E-state index is 0.0891. The molecule has 1 atom stereocenters. The number of carbonyl (C=O) groups is 1. The topological polar surface area (TPSA) is 55.4 Å². The van der Waals surface area contributed by atoms with Crippen LogP contribution in [0.5, 0.6) is 0 Å². The van der Waals surface area contributed by atoms with Crippen molar-refractivity contribution in [1.82, 2.24) is 0 Å². The summed E-state index contributed by atoms with van der Waals surface area (Å²) in [5.74, 6) is 0.406. The van der Waals surface area contributed by atoms with Crippen molar-refractivity contribution in [2.24, 2.45) is 0 Å². The average molecular weight is 440 g/mol. The molecule has 1 heterocycles. The summed E-state index contributed by atoms with van der Waals surface area (Å²) >= 11 is 12.0. The molecule has 2 aromatic carbocycles. The molecular weight excluding hydrogens is 417 g/mol. The van der Waals surface area contributed by atoms with Gasteiger partial charge in [0.25, 0.3) is 0 Å². The van der Waals surface area contributed by atoms with Crippen molar-refractivity contribution >= 4 is 45.6 Å². The molecule has 0 bridgehead atoms. The van der Waals surface area contributed by atoms with Gasteiger partial charge >= 0.3 is 0 Å². The highest BCUT2D eigenvalue weighted by molar-refractivity contribution is 7.84. The standard InChI is InChI=1S/C21H23Cl2NO3S/c22-17-6-4-16(20(23)13-17)5-7-21(25)24-18-3-1-2-15(12-18)14-28(26)19-8-10-27-11-9-19/h1-4,6,12-13,19H,5,7-11,14H2,(H,24,25). The molecule has 150 valence electrons. The van der Waals surface area contributed by atoms with Gasteiger partial charge in [-0.25, -0.2) is 0 Å². The second-order valence-corrected chi connectivity index (χ2v) is 9.38. The van der Waals surface area contributed by atoms with Crippen LogP contribution in [0.4, 0.5) is 5.69 Å². The van der Waals surface area contributed by atoms with Gasteiger partial charge in [-0.05, 0) is 54.7 Å². The van der Waals surface area contributed by atoms with Crippen LogP contribution in [0.2, 0.25) is 10.0 Å². The quantitative estimate of drug-likeness (QED) is 0.660. The van der Waals surface area contributed by atoms with Crippen molar-refractivity contribution in [2.75, 3.05) is 18.5 Å². The fourth-order valence-corrected chi connectivity index (χ4v) is 5.12. The normalized spacial score (nSPS) is 15.9. The van der Waals surface area contributed by atoms with E-state index in [1.165, 1.54) is 0 Å². The predicted octanol–water partition coefficient (Wildman–Crippen LogP) is 4.99. The molecule has 1 fully saturated rings. The van der Waals surface area contributed by atoms with E-state index in [1.807, 2.05) is 30.3 Å². The highest BCUT2D eigenvalue weighted by atomic mass is 35.5. The Labute approximate surface area is 178 Å². The maximum Gasteiger partial charge on any atom is 0.224 e. The summed E-state index contributed by atoms with van der Waals surface area (Å²) in [7, 11) is -0.929. The van der Waals surface area contributed by atoms with E-state index in [9.17, 15) is 9.00 Å². The van der Waals surface area contributed by atoms with Crippen LogP contribution in [0.25, 0.3) is 0 Å². The van der Waals surface area contributed by atoms with Crippen LogP contribution in [-0.4, -0.2) is 28.6 Å². The Bertz CT molecular complexity index is 853. The summed E-state index contributed by atoms with van der Waals surface area (Å²) in [4.78, 5) is 12.3. The van der Waals surface area contributed by atoms with Gasteiger partial charge in [0.2, 0.25) is 5.91 Å². The number of ether oxygens (including phenoxy) is 1. The molecule has 0 saturated carbocycles. The number of hydrogen-bond donors (Lipinski definition) is 1. The second kappa shape index (κ2) is 10.4. The molecule has 1 unspecified atom stereocenters. The van der Waals surface area contributed by atoms with Gasteiger partial charge in [0, 0.05) is 57.2 Å². The smallest absolute Gasteiger partial charge is 0.224 e. The van der Waals surface area contributed by atoms with E-state index < -0.39 is 10.8 Å². The number of halogens is 2. The van der Waals surface area contributed by atoms with Crippen LogP contribution in [0.3, 0.4) is 0 Å². The molecule has 2 aromatic rings. The van der Waals surface area contributed by atoms with Crippen molar-refractivity contribution in [3.8, 4) is 0 Å². The molecule has 4 nitrogen and oxygen atoms in total. The Kier molecular flexibility index (Phi) is 7.91. The molecule has 1 aliphatic rings. The average Bonchev–Trinajstić information content (AvgIpc) is 2.68. The van der Waals surface area contributed by atoms with Crippen molar-refractivity contribution < 1.29 is 13.7 Å². The molecule has 0 aromatic heterocycles. The first-order valence-electron chi connectivity index (χ1n) is 9.29. The zero-order chi connectivity index (χ0) is 19.9. The highest BCUT2D eigenvalue weighted by Gasteiger charge is 2.20. The lowest BCUT2D eigenvalue weighted by atomic mass is 10.1. The van der Waals surface area contributed by atoms with Gasteiger partial charge in [-0.3, -0.25) is 9.00 Å². The van der Waals surface area contributed by atoms with Crippen LogP contribution < -0.4 is 5.32 Å². The Morgan fingerprint density at radius 1 is 1.14 bits per heavy atom. The Morgan fingerprint density at radius 3 is 2.68 bits per heavy atom. The highest BCUT2D eigenvalue weighted by Crippen LogP contribution is 2.23. The van der Waals surface area contributed by atoms with Crippen molar-refractivity contribution in [1.29, 1.82) is 0 Å². The number of amides is 1. The SMILES string of the molecule is O=C(CCc1ccc(Cl)cc1Cl)Nc1cccc(CS(=O)C2CCOCC2)c1. The third-order valence-electron chi connectivity index (χ3n) is 4.70. The third kappa shape index (κ3) is 6.31. The number of benzene rings is 2. The Hall–Kier alpha value is -1.40. The molecule has 0 aliphatic carbocycles. The van der Waals surface area contributed by atoms with E-state index in [0.717, 1.165) is 24.0 Å². The Morgan fingerprint density at radius 2 is 1.93 bits per heavy atom. The summed E-state index contributed by atoms with van der Waals surface area (Å²) in [5, 5.41) is 4.24. The summed E-state index contributed by atoms with van der Waals surface area (Å²) < 4.78 is 17.9. The monoisotopic (exact) mass is 439 g/mol. The minimum atomic E-state index is -0.929. The van der Waals surface area contributed by atoms with Crippen LogP contribution in [-0.2, 0) is 32.5 Å². The molecule has 1 amide bonds. The Balaban J connectivity index is 1.53. The van der Waals surface area contributed by atoms with E-state index in [2.05, 4.69) is 5.32 Å². The van der Waals surface area contributed by atoms with Crippen LogP contribution in [0.1, 0.15) is 30.4 Å². The molecular formula is C21H23Cl2NO3S. The molecule has 28 heavy (non-hydrogen) atoms. The lowest BCUT2D eigenvalue weighted by Gasteiger charge is -2.21. The molecule has 0 radical (unpaired) electrons. The molecule has 7 heteroatoms. The van der Waals surface area contributed by atoms with Crippen LogP contribution >= 0.6 is 23.2 Å². The van der Waals surface area contributed by atoms with E-state index >= 15 is 0 Å². The zero-order valence-electron chi connectivity index (χ0n) is 15.5. The molecule has 1 aliphatic heterocycles. The van der Waals surface area contributed by atoms with Gasteiger partial charge in [-0.1, -0.05) is 41.4 Å². The second-order valence-electron chi connectivity index (χ2n) is 6.82. The first-order valence-corrected chi connectivity index (χ1v) is 11.4. The fourth-order valence-electron chi connectivity index (χ4n) is 3.16. The van der Waals surface area contributed by atoms with E-state index in [4.69, 9.17) is 27.9 Å². The predicted molar refractivity (Wildman–Crippen MR) is 116 cm³/mol. The molecule has 1 N–H and O–H groups in total. The van der Waals surface area contributed by atoms with Gasteiger partial charge in [-0.2, -0.15) is 0 Å². The first-order chi connectivity index (χ1) is 13.5. The van der Waals surface area contributed by atoms with Gasteiger partial charge in [0.15, 0.2) is 0 Å². The summed E-state index contributed by atoms with van der Waals surface area (Å²) in [5.41, 5.74) is 2.57. The maximum absolute atomic E-state index is 12.6. The number of nitrogens with one attached hydrogen (secondary N) is 1. The van der Waals surface area contributed by atoms with Crippen LogP contribution in [0, 0.1) is 0 Å². The largest absolute Gasteiger partial charge is 0.381 e. The number of anilines is 1. The lowest BCUT2D eigenvalue weighted by Crippen LogP contribution is -2.25. The number of carbonyl (C=O) groups excluding carboxylic acids is 1. The maximum atomic E-state index is 12.6. The van der Waals surface area contributed by atoms with Crippen molar-refractivity contribution in [3.05, 3.63) is 63.6 Å². The van der Waals surface area contributed by atoms with E-state index in [-0.39, 0.29) is 11.2 Å². The van der Waals surface area contributed by atoms with Crippen molar-refractivity contribution in [2.45, 2.75) is 36.7 Å². The van der Waals surface area contributed by atoms with Crippen LogP contribution in [0.15, 0.2) is 42.5 Å². The van der Waals surface area contributed by atoms with Crippen molar-refractivity contribution in [3.63, 3.8) is 0 Å². The number of rotatable bonds is 7. The van der Waals surface area contributed by atoms with Gasteiger partial charge < -0.3 is 10.1 Å². The van der Waals surface area contributed by atoms with Gasteiger partial charge in [0.1, 0.15) is 0 Å². The van der Waals surface area contributed by atoms with Gasteiger partial charge in [-0.15, -0.1) is 0 Å². The van der Waals surface area contributed by atoms with Gasteiger partial charge in [0.05, 0.1) is 0 Å². The third-order valence-corrected chi connectivity index (χ3v) is 7.12. The number of hydrogen-bond acceptors (Lipinski definition) is 3. The van der Waals surface area contributed by atoms with E-state index in [1.54, 1.807) is 12.1 Å². The summed E-state index contributed by atoms with van der Waals surface area (Å²) in [6, 6.07) is 12.8. The fraction of sp³-hybridized carbons (Fsp3) is 0.381. The minimum Gasteiger partial charge on any atom is -0.381 e. The number of aryl methyl sites for hydroxylation is 1. The summed E-state index contributed by atoms with van der Waals surface area (Å²) in [6.45, 7) is 1.37. The van der Waals surface area contributed by atoms with E-state index in [0.29, 0.717) is 47.5 Å². The molecule has 1 saturated heterocycles. The molecule has 3 rings (SSSR count). The summed E-state index contributed by atoms with van der Waals surface area (Å²) in [6.07, 6.45) is 2.54. The first kappa shape index (κ1) is 21.3. The lowest BCUT2D eigenvalue weighted by molar-refractivity contribution is -0.116. The molecule has 0 spiro atoms.